The second kappa shape index (κ2) is 10.4. The van der Waals surface area contributed by atoms with E-state index in [1.54, 1.807) is 24.3 Å². The number of anilines is 2. The number of rotatable bonds is 4. The zero-order valence-corrected chi connectivity index (χ0v) is 18.4. The average molecular weight is 471 g/mol. The number of carbonyl (C=O) groups is 2. The van der Waals surface area contributed by atoms with Crippen molar-refractivity contribution in [2.75, 3.05) is 17.7 Å². The number of carbonyl (C=O) groups excluding carboxylic acids is 2. The minimum atomic E-state index is -0.525. The number of hydrogen-bond donors (Lipinski definition) is 4. The number of thiocarbonyl (C=S) groups is 2. The summed E-state index contributed by atoms with van der Waals surface area (Å²) < 4.78 is 5.16. The summed E-state index contributed by atoms with van der Waals surface area (Å²) in [6.07, 6.45) is 0. The predicted molar refractivity (Wildman–Crippen MR) is 123 cm³/mol. The van der Waals surface area contributed by atoms with E-state index in [4.69, 9.17) is 52.4 Å². The fourth-order valence-corrected chi connectivity index (χ4v) is 3.27. The molecule has 0 saturated heterocycles. The molecule has 2 amide bonds. The first kappa shape index (κ1) is 22.8. The van der Waals surface area contributed by atoms with E-state index in [2.05, 4.69) is 21.3 Å². The molecule has 152 valence electrons. The summed E-state index contributed by atoms with van der Waals surface area (Å²) in [6, 6.07) is 9.79. The van der Waals surface area contributed by atoms with Gasteiger partial charge in [0, 0.05) is 23.3 Å². The number of benzene rings is 2. The highest BCUT2D eigenvalue weighted by molar-refractivity contribution is 7.80. The minimum absolute atomic E-state index is 0.0719. The van der Waals surface area contributed by atoms with Gasteiger partial charge in [0.05, 0.1) is 17.7 Å². The molecule has 0 aliphatic carbocycles. The van der Waals surface area contributed by atoms with Crippen LogP contribution >= 0.6 is 47.6 Å². The standard InChI is InChI=1S/C18H16Cl2N4O3S2/c1-9(25)21-17(28)22-11-3-5-12(6-4-11)23-18(29)24-16(26)13-7-10(19)8-14(20)15(13)27-2/h3-8H,1-2H3,(H2,21,22,25,28)(H2,23,24,26,29). The summed E-state index contributed by atoms with van der Waals surface area (Å²) in [4.78, 5) is 23.5. The van der Waals surface area contributed by atoms with Crippen molar-refractivity contribution in [3.63, 3.8) is 0 Å². The topological polar surface area (TPSA) is 91.5 Å². The van der Waals surface area contributed by atoms with Crippen LogP contribution in [0.15, 0.2) is 36.4 Å². The summed E-state index contributed by atoms with van der Waals surface area (Å²) in [6.45, 7) is 1.36. The Hall–Kier alpha value is -2.46. The third-order valence-corrected chi connectivity index (χ3v) is 4.28. The van der Waals surface area contributed by atoms with E-state index in [-0.39, 0.29) is 32.5 Å². The fraction of sp³-hybridized carbons (Fsp3) is 0.111. The molecule has 0 unspecified atom stereocenters. The van der Waals surface area contributed by atoms with Crippen LogP contribution in [0.1, 0.15) is 17.3 Å². The van der Waals surface area contributed by atoms with Crippen molar-refractivity contribution < 1.29 is 14.3 Å². The van der Waals surface area contributed by atoms with Crippen molar-refractivity contribution in [1.82, 2.24) is 10.6 Å². The number of methoxy groups -OCH3 is 1. The highest BCUT2D eigenvalue weighted by Gasteiger charge is 2.17. The Labute approximate surface area is 188 Å². The van der Waals surface area contributed by atoms with Crippen molar-refractivity contribution in [2.24, 2.45) is 0 Å². The number of amides is 2. The van der Waals surface area contributed by atoms with Crippen molar-refractivity contribution >= 4 is 81.1 Å². The molecule has 2 aromatic carbocycles. The van der Waals surface area contributed by atoms with E-state index >= 15 is 0 Å². The van der Waals surface area contributed by atoms with Crippen molar-refractivity contribution in [2.45, 2.75) is 6.92 Å². The molecule has 0 aliphatic rings. The van der Waals surface area contributed by atoms with Gasteiger partial charge < -0.3 is 20.7 Å². The van der Waals surface area contributed by atoms with E-state index in [9.17, 15) is 9.59 Å². The zero-order valence-electron chi connectivity index (χ0n) is 15.3. The first-order valence-electron chi connectivity index (χ1n) is 8.03. The van der Waals surface area contributed by atoms with Crippen LogP contribution in [0.2, 0.25) is 10.0 Å². The molecular weight excluding hydrogens is 455 g/mol. The highest BCUT2D eigenvalue weighted by atomic mass is 35.5. The van der Waals surface area contributed by atoms with Crippen LogP contribution in [0, 0.1) is 0 Å². The molecule has 0 heterocycles. The summed E-state index contributed by atoms with van der Waals surface area (Å²) >= 11 is 22.2. The molecular formula is C18H16Cl2N4O3S2. The van der Waals surface area contributed by atoms with Crippen LogP contribution in [0.3, 0.4) is 0 Å². The Morgan fingerprint density at radius 1 is 0.931 bits per heavy atom. The Bertz CT molecular complexity index is 968. The molecule has 0 radical (unpaired) electrons. The van der Waals surface area contributed by atoms with E-state index in [0.29, 0.717) is 16.4 Å². The van der Waals surface area contributed by atoms with E-state index < -0.39 is 5.91 Å². The number of halogens is 2. The van der Waals surface area contributed by atoms with Crippen LogP contribution in [-0.2, 0) is 4.79 Å². The van der Waals surface area contributed by atoms with Crippen molar-refractivity contribution in [3.05, 3.63) is 52.0 Å². The van der Waals surface area contributed by atoms with E-state index in [0.717, 1.165) is 0 Å². The lowest BCUT2D eigenvalue weighted by Crippen LogP contribution is -2.34. The smallest absolute Gasteiger partial charge is 0.261 e. The maximum absolute atomic E-state index is 12.5. The second-order valence-corrected chi connectivity index (χ2v) is 7.25. The molecule has 29 heavy (non-hydrogen) atoms. The van der Waals surface area contributed by atoms with Crippen LogP contribution in [0.25, 0.3) is 0 Å². The molecule has 7 nitrogen and oxygen atoms in total. The van der Waals surface area contributed by atoms with Crippen LogP contribution in [0.5, 0.6) is 5.75 Å². The molecule has 0 aliphatic heterocycles. The maximum Gasteiger partial charge on any atom is 0.261 e. The van der Waals surface area contributed by atoms with Crippen molar-refractivity contribution in [3.8, 4) is 5.75 Å². The molecule has 2 aromatic rings. The van der Waals surface area contributed by atoms with Gasteiger partial charge in [0.2, 0.25) is 5.91 Å². The largest absolute Gasteiger partial charge is 0.494 e. The van der Waals surface area contributed by atoms with Crippen LogP contribution < -0.4 is 26.0 Å². The molecule has 0 saturated carbocycles. The molecule has 2 rings (SSSR count). The minimum Gasteiger partial charge on any atom is -0.494 e. The monoisotopic (exact) mass is 470 g/mol. The zero-order chi connectivity index (χ0) is 21.6. The molecule has 0 aromatic heterocycles. The van der Waals surface area contributed by atoms with Gasteiger partial charge in [0.1, 0.15) is 5.75 Å². The number of ether oxygens (including phenoxy) is 1. The number of hydrogen-bond acceptors (Lipinski definition) is 5. The van der Waals surface area contributed by atoms with E-state index in [1.807, 2.05) is 0 Å². The summed E-state index contributed by atoms with van der Waals surface area (Å²) in [7, 11) is 1.40. The van der Waals surface area contributed by atoms with Gasteiger partial charge in [-0.1, -0.05) is 23.2 Å². The van der Waals surface area contributed by atoms with Gasteiger partial charge in [0.15, 0.2) is 10.2 Å². The molecule has 0 spiro atoms. The fourth-order valence-electron chi connectivity index (χ4n) is 2.23. The van der Waals surface area contributed by atoms with Crippen LogP contribution in [0.4, 0.5) is 11.4 Å². The Morgan fingerprint density at radius 2 is 1.45 bits per heavy atom. The first-order chi connectivity index (χ1) is 13.7. The summed E-state index contributed by atoms with van der Waals surface area (Å²) in [5, 5.41) is 11.5. The SMILES string of the molecule is COc1c(Cl)cc(Cl)cc1C(=O)NC(=S)Nc1ccc(NC(=S)NC(C)=O)cc1. The van der Waals surface area contributed by atoms with Crippen LogP contribution in [-0.4, -0.2) is 29.1 Å². The average Bonchev–Trinajstić information content (AvgIpc) is 2.62. The molecule has 11 heteroatoms. The number of nitrogens with one attached hydrogen (secondary N) is 4. The van der Waals surface area contributed by atoms with Gasteiger partial charge in [-0.05, 0) is 60.8 Å². The predicted octanol–water partition coefficient (Wildman–Crippen LogP) is 3.96. The lowest BCUT2D eigenvalue weighted by Gasteiger charge is -2.13. The Morgan fingerprint density at radius 3 is 1.93 bits per heavy atom. The van der Waals surface area contributed by atoms with Crippen molar-refractivity contribution in [1.29, 1.82) is 0 Å². The summed E-state index contributed by atoms with van der Waals surface area (Å²) in [5.74, 6) is -0.593. The third kappa shape index (κ3) is 6.82. The third-order valence-electron chi connectivity index (χ3n) is 3.37. The Balaban J connectivity index is 2.00. The Kier molecular flexibility index (Phi) is 8.15. The second-order valence-electron chi connectivity index (χ2n) is 5.59. The maximum atomic E-state index is 12.5. The van der Waals surface area contributed by atoms with Gasteiger partial charge in [0.25, 0.3) is 5.91 Å². The lowest BCUT2D eigenvalue weighted by atomic mass is 10.2. The molecule has 0 atom stereocenters. The lowest BCUT2D eigenvalue weighted by molar-refractivity contribution is -0.117. The van der Waals surface area contributed by atoms with Gasteiger partial charge in [-0.15, -0.1) is 0 Å². The quantitative estimate of drug-likeness (QED) is 0.502. The van der Waals surface area contributed by atoms with Gasteiger partial charge in [-0.3, -0.25) is 14.9 Å². The van der Waals surface area contributed by atoms with E-state index in [1.165, 1.54) is 26.2 Å². The normalized spacial score (nSPS) is 9.93. The van der Waals surface area contributed by atoms with Gasteiger partial charge >= 0.3 is 0 Å². The van der Waals surface area contributed by atoms with Gasteiger partial charge in [-0.25, -0.2) is 0 Å². The molecule has 0 fully saturated rings. The molecule has 0 bridgehead atoms. The molecule has 4 N–H and O–H groups in total. The summed E-state index contributed by atoms with van der Waals surface area (Å²) in [5.41, 5.74) is 1.45. The first-order valence-corrected chi connectivity index (χ1v) is 9.61. The van der Waals surface area contributed by atoms with Gasteiger partial charge in [-0.2, -0.15) is 0 Å². The highest BCUT2D eigenvalue weighted by Crippen LogP contribution is 2.32.